The second kappa shape index (κ2) is 5.26. The zero-order chi connectivity index (χ0) is 12.5. The van der Waals surface area contributed by atoms with Crippen molar-refractivity contribution in [3.8, 4) is 0 Å². The van der Waals surface area contributed by atoms with Crippen LogP contribution in [-0.2, 0) is 4.74 Å². The Balaban J connectivity index is 1.99. The molecule has 3 heterocycles. The average molecular weight is 375 g/mol. The number of fused-ring (bicyclic) bond motifs is 1. The van der Waals surface area contributed by atoms with Gasteiger partial charge in [-0.1, -0.05) is 12.8 Å². The van der Waals surface area contributed by atoms with Gasteiger partial charge in [0.05, 0.1) is 18.5 Å². The maximum atomic E-state index is 5.48. The number of hydrogen-bond donors (Lipinski definition) is 1. The lowest BCUT2D eigenvalue weighted by molar-refractivity contribution is 0.152. The molecule has 1 aliphatic rings. The van der Waals surface area contributed by atoms with Gasteiger partial charge in [-0.3, -0.25) is 3.97 Å². The molecule has 0 unspecified atom stereocenters. The first-order chi connectivity index (χ1) is 8.75. The number of rotatable bonds is 1. The van der Waals surface area contributed by atoms with Crippen molar-refractivity contribution in [1.82, 2.24) is 8.96 Å². The van der Waals surface area contributed by atoms with Crippen LogP contribution in [-0.4, -0.2) is 35.3 Å². The molecule has 1 fully saturated rings. The van der Waals surface area contributed by atoms with Crippen molar-refractivity contribution in [2.75, 3.05) is 31.2 Å². The smallest absolute Gasteiger partial charge is 0.150 e. The monoisotopic (exact) mass is 375 g/mol. The minimum atomic E-state index is 0.794. The lowest BCUT2D eigenvalue weighted by Gasteiger charge is -2.21. The predicted octanol–water partition coefficient (Wildman–Crippen LogP) is 2.56. The molecule has 0 spiro atoms. The molecule has 1 saturated heterocycles. The summed E-state index contributed by atoms with van der Waals surface area (Å²) in [6.07, 6.45) is 4.98. The van der Waals surface area contributed by atoms with Gasteiger partial charge < -0.3 is 9.64 Å². The first-order valence-electron chi connectivity index (χ1n) is 5.94. The summed E-state index contributed by atoms with van der Waals surface area (Å²) in [5, 5.41) is 1.16. The summed E-state index contributed by atoms with van der Waals surface area (Å²) >= 11 is 6.69. The zero-order valence-corrected chi connectivity index (χ0v) is 12.9. The third-order valence-electron chi connectivity index (χ3n) is 3.15. The highest BCUT2D eigenvalue weighted by atomic mass is 127. The van der Waals surface area contributed by atoms with Crippen LogP contribution in [0.4, 0.5) is 5.69 Å². The van der Waals surface area contributed by atoms with E-state index in [-0.39, 0.29) is 0 Å². The first-order valence-corrected chi connectivity index (χ1v) is 7.42. The van der Waals surface area contributed by atoms with E-state index < -0.39 is 0 Å². The van der Waals surface area contributed by atoms with Gasteiger partial charge in [0, 0.05) is 34.8 Å². The molecule has 0 saturated carbocycles. The number of hydrogen-bond acceptors (Lipinski definition) is 4. The Morgan fingerprint density at radius 1 is 1.33 bits per heavy atom. The normalized spacial score (nSPS) is 17.1. The van der Waals surface area contributed by atoms with Gasteiger partial charge in [-0.2, -0.15) is 0 Å². The SMILES string of the molecule is Sn1cc(I)c2cc(N3CCCOCC3)cnc21. The Morgan fingerprint density at radius 3 is 3.11 bits per heavy atom. The van der Waals surface area contributed by atoms with Crippen LogP contribution in [0.1, 0.15) is 6.42 Å². The van der Waals surface area contributed by atoms with Crippen molar-refractivity contribution in [1.29, 1.82) is 0 Å². The Labute approximate surface area is 125 Å². The van der Waals surface area contributed by atoms with Gasteiger partial charge in [-0.05, 0) is 35.1 Å². The summed E-state index contributed by atoms with van der Waals surface area (Å²) in [4.78, 5) is 6.85. The van der Waals surface area contributed by atoms with Gasteiger partial charge >= 0.3 is 0 Å². The second-order valence-electron chi connectivity index (χ2n) is 4.34. The van der Waals surface area contributed by atoms with Crippen LogP contribution in [0.5, 0.6) is 0 Å². The van der Waals surface area contributed by atoms with Crippen LogP contribution < -0.4 is 4.90 Å². The molecule has 0 aliphatic carbocycles. The Bertz CT molecular complexity index is 564. The van der Waals surface area contributed by atoms with Gasteiger partial charge in [0.25, 0.3) is 0 Å². The van der Waals surface area contributed by atoms with E-state index in [1.807, 2.05) is 12.4 Å². The summed E-state index contributed by atoms with van der Waals surface area (Å²) in [6.45, 7) is 3.62. The number of aromatic nitrogens is 2. The molecule has 3 rings (SSSR count). The highest BCUT2D eigenvalue weighted by Crippen LogP contribution is 2.26. The fourth-order valence-corrected chi connectivity index (χ4v) is 3.39. The van der Waals surface area contributed by atoms with E-state index in [1.165, 1.54) is 9.26 Å². The fourth-order valence-electron chi connectivity index (χ4n) is 2.22. The molecule has 2 aromatic heterocycles. The molecule has 4 nitrogen and oxygen atoms in total. The van der Waals surface area contributed by atoms with E-state index in [9.17, 15) is 0 Å². The van der Waals surface area contributed by atoms with Crippen molar-refractivity contribution in [2.24, 2.45) is 0 Å². The molecule has 0 N–H and O–H groups in total. The maximum Gasteiger partial charge on any atom is 0.150 e. The summed E-state index contributed by atoms with van der Waals surface area (Å²) in [5.41, 5.74) is 2.09. The predicted molar refractivity (Wildman–Crippen MR) is 84.5 cm³/mol. The van der Waals surface area contributed by atoms with Crippen LogP contribution in [0.3, 0.4) is 0 Å². The van der Waals surface area contributed by atoms with Crippen LogP contribution in [0.25, 0.3) is 11.0 Å². The van der Waals surface area contributed by atoms with Crippen molar-refractivity contribution in [3.63, 3.8) is 0 Å². The highest BCUT2D eigenvalue weighted by Gasteiger charge is 2.13. The Hall–Kier alpha value is -0.470. The van der Waals surface area contributed by atoms with E-state index in [0.29, 0.717) is 0 Å². The summed E-state index contributed by atoms with van der Waals surface area (Å²) in [6, 6.07) is 2.20. The number of thiol groups is 1. The number of ether oxygens (including phenoxy) is 1. The van der Waals surface area contributed by atoms with Crippen LogP contribution in [0.2, 0.25) is 0 Å². The molecule has 0 amide bonds. The van der Waals surface area contributed by atoms with E-state index in [0.717, 1.165) is 43.8 Å². The quantitative estimate of drug-likeness (QED) is 0.614. The minimum Gasteiger partial charge on any atom is -0.380 e. The van der Waals surface area contributed by atoms with Crippen LogP contribution >= 0.6 is 35.4 Å². The van der Waals surface area contributed by atoms with Crippen molar-refractivity contribution < 1.29 is 4.74 Å². The summed E-state index contributed by atoms with van der Waals surface area (Å²) in [7, 11) is 0. The fraction of sp³-hybridized carbons (Fsp3) is 0.417. The lowest BCUT2D eigenvalue weighted by Crippen LogP contribution is -2.25. The Morgan fingerprint density at radius 2 is 2.22 bits per heavy atom. The van der Waals surface area contributed by atoms with E-state index in [2.05, 4.69) is 51.4 Å². The summed E-state index contributed by atoms with van der Waals surface area (Å²) < 4.78 is 8.43. The van der Waals surface area contributed by atoms with Crippen molar-refractivity contribution in [3.05, 3.63) is 22.0 Å². The Kier molecular flexibility index (Phi) is 3.67. The van der Waals surface area contributed by atoms with Crippen LogP contribution in [0.15, 0.2) is 18.5 Å². The largest absolute Gasteiger partial charge is 0.380 e. The number of pyridine rings is 1. The molecule has 1 aliphatic heterocycles. The topological polar surface area (TPSA) is 30.3 Å². The number of anilines is 1. The third kappa shape index (κ3) is 2.33. The van der Waals surface area contributed by atoms with Gasteiger partial charge in [-0.25, -0.2) is 4.98 Å². The molecular formula is C12H14IN3OS. The van der Waals surface area contributed by atoms with E-state index in [4.69, 9.17) is 4.74 Å². The van der Waals surface area contributed by atoms with Gasteiger partial charge in [0.1, 0.15) is 0 Å². The molecule has 0 radical (unpaired) electrons. The van der Waals surface area contributed by atoms with Gasteiger partial charge in [0.2, 0.25) is 0 Å². The van der Waals surface area contributed by atoms with Crippen molar-refractivity contribution >= 4 is 52.1 Å². The minimum absolute atomic E-state index is 0.794. The third-order valence-corrected chi connectivity index (χ3v) is 4.31. The molecule has 0 atom stereocenters. The number of halogens is 1. The summed E-state index contributed by atoms with van der Waals surface area (Å²) in [5.74, 6) is 0. The highest BCUT2D eigenvalue weighted by molar-refractivity contribution is 14.1. The molecule has 96 valence electrons. The van der Waals surface area contributed by atoms with Crippen LogP contribution in [0, 0.1) is 3.57 Å². The molecule has 0 bridgehead atoms. The lowest BCUT2D eigenvalue weighted by atomic mass is 10.3. The number of nitrogens with zero attached hydrogens (tertiary/aromatic N) is 3. The molecular weight excluding hydrogens is 361 g/mol. The standard InChI is InChI=1S/C12H14IN3OS/c13-11-8-16(18)12-10(11)6-9(7-14-12)15-2-1-4-17-5-3-15/h6-8,18H,1-5H2. The molecule has 0 aromatic carbocycles. The first kappa shape index (κ1) is 12.6. The van der Waals surface area contributed by atoms with E-state index >= 15 is 0 Å². The van der Waals surface area contributed by atoms with E-state index in [1.54, 1.807) is 3.97 Å². The molecule has 2 aromatic rings. The molecule has 18 heavy (non-hydrogen) atoms. The van der Waals surface area contributed by atoms with Crippen molar-refractivity contribution in [2.45, 2.75) is 6.42 Å². The molecule has 6 heteroatoms. The van der Waals surface area contributed by atoms with Gasteiger partial charge in [-0.15, -0.1) is 0 Å². The maximum absolute atomic E-state index is 5.48. The second-order valence-corrected chi connectivity index (χ2v) is 5.93. The zero-order valence-electron chi connectivity index (χ0n) is 9.84. The van der Waals surface area contributed by atoms with Gasteiger partial charge in [0.15, 0.2) is 5.65 Å². The average Bonchev–Trinajstić information content (AvgIpc) is 2.61.